The molecule has 1 aliphatic heterocycles. The quantitative estimate of drug-likeness (QED) is 0.419. The standard InChI is InChI=1S/C6H10ClNO/c1-2-5(7)6(9)8-3-4-8/h5H,2-4H2,1H3. The van der Waals surface area contributed by atoms with Gasteiger partial charge in [-0.1, -0.05) is 6.92 Å². The van der Waals surface area contributed by atoms with Crippen LogP contribution in [0.4, 0.5) is 0 Å². The second kappa shape index (κ2) is 2.56. The molecule has 0 bridgehead atoms. The normalized spacial score (nSPS) is 19.6. The molecule has 0 saturated carbocycles. The van der Waals surface area contributed by atoms with Crippen molar-refractivity contribution in [2.45, 2.75) is 18.7 Å². The number of alkyl halides is 1. The second-order valence-corrected chi connectivity index (χ2v) is 2.73. The van der Waals surface area contributed by atoms with Gasteiger partial charge in [0.15, 0.2) is 0 Å². The summed E-state index contributed by atoms with van der Waals surface area (Å²) < 4.78 is 0. The predicted molar refractivity (Wildman–Crippen MR) is 36.5 cm³/mol. The van der Waals surface area contributed by atoms with Gasteiger partial charge in [-0.15, -0.1) is 11.6 Å². The van der Waals surface area contributed by atoms with Gasteiger partial charge < -0.3 is 4.90 Å². The minimum atomic E-state index is -0.285. The SMILES string of the molecule is CCC(Cl)C(=O)N1CC1. The monoisotopic (exact) mass is 147 g/mol. The number of carbonyl (C=O) groups is 1. The van der Waals surface area contributed by atoms with E-state index in [9.17, 15) is 4.79 Å². The Balaban J connectivity index is 2.31. The molecular formula is C6H10ClNO. The molecule has 1 aliphatic rings. The van der Waals surface area contributed by atoms with E-state index in [1.54, 1.807) is 4.90 Å². The first kappa shape index (κ1) is 6.87. The summed E-state index contributed by atoms with van der Waals surface area (Å²) in [6, 6.07) is 0. The summed E-state index contributed by atoms with van der Waals surface area (Å²) in [6.45, 7) is 3.73. The van der Waals surface area contributed by atoms with Gasteiger partial charge in [-0.3, -0.25) is 4.79 Å². The van der Waals surface area contributed by atoms with Crippen LogP contribution in [0.5, 0.6) is 0 Å². The van der Waals surface area contributed by atoms with Gasteiger partial charge in [-0.25, -0.2) is 0 Å². The fourth-order valence-corrected chi connectivity index (χ4v) is 0.781. The Morgan fingerprint density at radius 1 is 1.78 bits per heavy atom. The second-order valence-electron chi connectivity index (χ2n) is 2.20. The molecule has 0 aromatic heterocycles. The summed E-state index contributed by atoms with van der Waals surface area (Å²) in [5, 5.41) is -0.285. The van der Waals surface area contributed by atoms with E-state index in [1.165, 1.54) is 0 Å². The molecule has 52 valence electrons. The first-order valence-electron chi connectivity index (χ1n) is 3.18. The van der Waals surface area contributed by atoms with E-state index in [-0.39, 0.29) is 11.3 Å². The average Bonchev–Trinajstić information content (AvgIpc) is 2.66. The first-order chi connectivity index (χ1) is 4.25. The lowest BCUT2D eigenvalue weighted by Gasteiger charge is -2.04. The maximum absolute atomic E-state index is 10.9. The number of rotatable bonds is 2. The third-order valence-electron chi connectivity index (χ3n) is 1.39. The Morgan fingerprint density at radius 2 is 2.33 bits per heavy atom. The van der Waals surface area contributed by atoms with Crippen LogP contribution in [-0.2, 0) is 4.79 Å². The van der Waals surface area contributed by atoms with E-state index in [2.05, 4.69) is 0 Å². The van der Waals surface area contributed by atoms with Crippen LogP contribution in [-0.4, -0.2) is 29.3 Å². The third-order valence-corrected chi connectivity index (χ3v) is 1.88. The third kappa shape index (κ3) is 1.58. The highest BCUT2D eigenvalue weighted by Crippen LogP contribution is 2.12. The van der Waals surface area contributed by atoms with E-state index < -0.39 is 0 Å². The number of amides is 1. The van der Waals surface area contributed by atoms with Gasteiger partial charge in [0.05, 0.1) is 0 Å². The van der Waals surface area contributed by atoms with Gasteiger partial charge in [0.2, 0.25) is 5.91 Å². The van der Waals surface area contributed by atoms with E-state index in [4.69, 9.17) is 11.6 Å². The Morgan fingerprint density at radius 3 is 2.67 bits per heavy atom. The highest BCUT2D eigenvalue weighted by Gasteiger charge is 2.28. The van der Waals surface area contributed by atoms with Crippen molar-refractivity contribution in [3.05, 3.63) is 0 Å². The van der Waals surface area contributed by atoms with Crippen LogP contribution in [0.2, 0.25) is 0 Å². The smallest absolute Gasteiger partial charge is 0.240 e. The highest BCUT2D eigenvalue weighted by atomic mass is 35.5. The van der Waals surface area contributed by atoms with Gasteiger partial charge in [0, 0.05) is 13.1 Å². The van der Waals surface area contributed by atoms with Crippen LogP contribution in [0.1, 0.15) is 13.3 Å². The molecule has 1 atom stereocenters. The Kier molecular flexibility index (Phi) is 1.96. The van der Waals surface area contributed by atoms with Crippen molar-refractivity contribution in [3.63, 3.8) is 0 Å². The Labute approximate surface area is 59.8 Å². The number of nitrogens with zero attached hydrogens (tertiary/aromatic N) is 1. The van der Waals surface area contributed by atoms with Crippen molar-refractivity contribution < 1.29 is 4.79 Å². The van der Waals surface area contributed by atoms with E-state index in [1.807, 2.05) is 6.92 Å². The van der Waals surface area contributed by atoms with Gasteiger partial charge in [-0.2, -0.15) is 0 Å². The summed E-state index contributed by atoms with van der Waals surface area (Å²) in [6.07, 6.45) is 0.733. The molecular weight excluding hydrogens is 138 g/mol. The van der Waals surface area contributed by atoms with Crippen molar-refractivity contribution in [3.8, 4) is 0 Å². The van der Waals surface area contributed by atoms with Crippen LogP contribution in [0, 0.1) is 0 Å². The van der Waals surface area contributed by atoms with Gasteiger partial charge in [0.25, 0.3) is 0 Å². The van der Waals surface area contributed by atoms with Gasteiger partial charge in [0.1, 0.15) is 5.38 Å². The topological polar surface area (TPSA) is 20.1 Å². The molecule has 1 unspecified atom stereocenters. The summed E-state index contributed by atoms with van der Waals surface area (Å²) >= 11 is 5.66. The zero-order valence-corrected chi connectivity index (χ0v) is 6.19. The lowest BCUT2D eigenvalue weighted by molar-refractivity contribution is -0.125. The van der Waals surface area contributed by atoms with Crippen LogP contribution in [0.15, 0.2) is 0 Å². The summed E-state index contributed by atoms with van der Waals surface area (Å²) in [7, 11) is 0. The maximum Gasteiger partial charge on any atom is 0.240 e. The molecule has 1 saturated heterocycles. The fraction of sp³-hybridized carbons (Fsp3) is 0.833. The highest BCUT2D eigenvalue weighted by molar-refractivity contribution is 6.30. The molecule has 0 N–H and O–H groups in total. The molecule has 0 aromatic carbocycles. The molecule has 9 heavy (non-hydrogen) atoms. The lowest BCUT2D eigenvalue weighted by Crippen LogP contribution is -2.21. The number of carbonyl (C=O) groups excluding carboxylic acids is 1. The van der Waals surface area contributed by atoms with Crippen LogP contribution >= 0.6 is 11.6 Å². The molecule has 0 spiro atoms. The van der Waals surface area contributed by atoms with Crippen molar-refractivity contribution in [2.24, 2.45) is 0 Å². The Hall–Kier alpha value is -0.240. The maximum atomic E-state index is 10.9. The zero-order chi connectivity index (χ0) is 6.85. The van der Waals surface area contributed by atoms with Crippen LogP contribution < -0.4 is 0 Å². The van der Waals surface area contributed by atoms with Crippen molar-refractivity contribution in [1.82, 2.24) is 4.90 Å². The van der Waals surface area contributed by atoms with E-state index in [0.29, 0.717) is 0 Å². The average molecular weight is 148 g/mol. The zero-order valence-electron chi connectivity index (χ0n) is 5.43. The predicted octanol–water partition coefficient (Wildman–Crippen LogP) is 0.846. The molecule has 1 rings (SSSR count). The lowest BCUT2D eigenvalue weighted by atomic mass is 10.3. The minimum absolute atomic E-state index is 0.0965. The summed E-state index contributed by atoms with van der Waals surface area (Å²) in [5.41, 5.74) is 0. The van der Waals surface area contributed by atoms with Gasteiger partial charge in [-0.05, 0) is 6.42 Å². The number of hydrogen-bond donors (Lipinski definition) is 0. The van der Waals surface area contributed by atoms with Crippen molar-refractivity contribution in [1.29, 1.82) is 0 Å². The molecule has 1 fully saturated rings. The number of halogens is 1. The molecule has 3 heteroatoms. The largest absolute Gasteiger partial charge is 0.338 e. The van der Waals surface area contributed by atoms with Crippen LogP contribution in [0.3, 0.4) is 0 Å². The number of hydrogen-bond acceptors (Lipinski definition) is 1. The summed E-state index contributed by atoms with van der Waals surface area (Å²) in [5.74, 6) is 0.0965. The van der Waals surface area contributed by atoms with E-state index in [0.717, 1.165) is 19.5 Å². The van der Waals surface area contributed by atoms with Crippen LogP contribution in [0.25, 0.3) is 0 Å². The first-order valence-corrected chi connectivity index (χ1v) is 3.62. The molecule has 1 heterocycles. The Bertz CT molecular complexity index is 122. The van der Waals surface area contributed by atoms with Crippen molar-refractivity contribution >= 4 is 17.5 Å². The molecule has 0 radical (unpaired) electrons. The van der Waals surface area contributed by atoms with Gasteiger partial charge >= 0.3 is 0 Å². The summed E-state index contributed by atoms with van der Waals surface area (Å²) in [4.78, 5) is 12.7. The molecule has 0 aliphatic carbocycles. The van der Waals surface area contributed by atoms with Crippen molar-refractivity contribution in [2.75, 3.05) is 13.1 Å². The minimum Gasteiger partial charge on any atom is -0.338 e. The van der Waals surface area contributed by atoms with E-state index >= 15 is 0 Å². The fourth-order valence-electron chi connectivity index (χ4n) is 0.643. The molecule has 1 amide bonds. The molecule has 2 nitrogen and oxygen atoms in total. The molecule has 0 aromatic rings.